The van der Waals surface area contributed by atoms with E-state index in [0.717, 1.165) is 5.56 Å². The Bertz CT molecular complexity index is 819. The smallest absolute Gasteiger partial charge is 0.335 e. The number of pyridine rings is 1. The Labute approximate surface area is 140 Å². The largest absolute Gasteiger partial charge is 0.481 e. The topological polar surface area (TPSA) is 96.8 Å². The monoisotopic (exact) mass is 350 g/mol. The van der Waals surface area contributed by atoms with Crippen LogP contribution in [0.25, 0.3) is 0 Å². The number of carbonyl (C=O) groups is 1. The molecule has 0 bridgehead atoms. The molecule has 0 radical (unpaired) electrons. The first-order valence-corrected chi connectivity index (χ1v) is 8.57. The number of likely N-dealkylation sites (N-methyl/N-ethyl adjacent to an activating group) is 1. The van der Waals surface area contributed by atoms with Gasteiger partial charge in [0, 0.05) is 25.9 Å². The van der Waals surface area contributed by atoms with E-state index in [-0.39, 0.29) is 17.0 Å². The second kappa shape index (κ2) is 7.41. The lowest BCUT2D eigenvalue weighted by atomic mass is 10.2. The minimum Gasteiger partial charge on any atom is -0.481 e. The van der Waals surface area contributed by atoms with Crippen molar-refractivity contribution in [1.82, 2.24) is 9.29 Å². The van der Waals surface area contributed by atoms with Gasteiger partial charge in [0.2, 0.25) is 15.9 Å². The molecule has 1 heterocycles. The first-order chi connectivity index (χ1) is 11.3. The fourth-order valence-electron chi connectivity index (χ4n) is 2.07. The Morgan fingerprint density at radius 1 is 1.25 bits per heavy atom. The summed E-state index contributed by atoms with van der Waals surface area (Å²) in [6, 6.07) is 8.69. The highest BCUT2D eigenvalue weighted by atomic mass is 32.2. The number of sulfonamides is 1. The van der Waals surface area contributed by atoms with Crippen molar-refractivity contribution in [3.63, 3.8) is 0 Å². The molecule has 1 aromatic heterocycles. The lowest BCUT2D eigenvalue weighted by Crippen LogP contribution is -2.29. The van der Waals surface area contributed by atoms with Crippen LogP contribution in [0.15, 0.2) is 47.5 Å². The van der Waals surface area contributed by atoms with E-state index in [0.29, 0.717) is 12.3 Å². The van der Waals surface area contributed by atoms with Gasteiger partial charge in [0.25, 0.3) is 0 Å². The maximum atomic E-state index is 12.5. The molecule has 1 N–H and O–H groups in total. The van der Waals surface area contributed by atoms with Crippen molar-refractivity contribution in [2.75, 3.05) is 20.7 Å². The van der Waals surface area contributed by atoms with E-state index in [1.54, 1.807) is 18.3 Å². The summed E-state index contributed by atoms with van der Waals surface area (Å²) in [6.07, 6.45) is 2.11. The number of carboxylic acid groups (broad SMARTS) is 1. The third kappa shape index (κ3) is 4.09. The number of aromatic nitrogens is 1. The molecule has 0 aliphatic heterocycles. The van der Waals surface area contributed by atoms with Crippen LogP contribution in [0, 0.1) is 0 Å². The van der Waals surface area contributed by atoms with E-state index in [9.17, 15) is 13.2 Å². The van der Waals surface area contributed by atoms with Gasteiger partial charge in [0.05, 0.1) is 17.6 Å². The number of aromatic carboxylic acids is 1. The molecule has 0 spiro atoms. The van der Waals surface area contributed by atoms with Crippen LogP contribution in [0.1, 0.15) is 15.9 Å². The minimum atomic E-state index is -3.67. The van der Waals surface area contributed by atoms with Crippen molar-refractivity contribution < 1.29 is 23.1 Å². The van der Waals surface area contributed by atoms with E-state index < -0.39 is 16.0 Å². The summed E-state index contributed by atoms with van der Waals surface area (Å²) >= 11 is 0. The van der Waals surface area contributed by atoms with Gasteiger partial charge in [-0.25, -0.2) is 22.5 Å². The fourth-order valence-corrected chi connectivity index (χ4v) is 3.25. The molecule has 7 nitrogen and oxygen atoms in total. The number of hydrogen-bond donors (Lipinski definition) is 1. The van der Waals surface area contributed by atoms with E-state index in [4.69, 9.17) is 9.84 Å². The standard InChI is InChI=1S/C16H18N2O5S/c1-18(10-8-12-7-9-17-15(11-12)23-2)24(21,22)14-5-3-13(4-6-14)16(19)20/h3-7,9,11H,8,10H2,1-2H3,(H,19,20). The SMILES string of the molecule is COc1cc(CCN(C)S(=O)(=O)c2ccc(C(=O)O)cc2)ccn1. The Hall–Kier alpha value is -2.45. The van der Waals surface area contributed by atoms with Gasteiger partial charge in [-0.3, -0.25) is 0 Å². The average Bonchev–Trinajstić information content (AvgIpc) is 2.59. The molecule has 0 saturated carbocycles. The number of hydrogen-bond acceptors (Lipinski definition) is 5. The molecule has 0 amide bonds. The average molecular weight is 350 g/mol. The maximum absolute atomic E-state index is 12.5. The summed E-state index contributed by atoms with van der Waals surface area (Å²) in [5.41, 5.74) is 0.950. The van der Waals surface area contributed by atoms with Crippen molar-refractivity contribution >= 4 is 16.0 Å². The Morgan fingerprint density at radius 3 is 2.50 bits per heavy atom. The first kappa shape index (κ1) is 17.9. The zero-order valence-electron chi connectivity index (χ0n) is 13.3. The van der Waals surface area contributed by atoms with Crippen LogP contribution in [-0.2, 0) is 16.4 Å². The van der Waals surface area contributed by atoms with E-state index in [1.165, 1.54) is 42.7 Å². The molecule has 0 atom stereocenters. The molecule has 0 unspecified atom stereocenters. The third-order valence-electron chi connectivity index (χ3n) is 3.53. The number of methoxy groups -OCH3 is 1. The summed E-state index contributed by atoms with van der Waals surface area (Å²) in [6.45, 7) is 0.274. The number of carboxylic acids is 1. The zero-order valence-corrected chi connectivity index (χ0v) is 14.2. The van der Waals surface area contributed by atoms with Crippen molar-refractivity contribution in [3.8, 4) is 5.88 Å². The molecule has 0 fully saturated rings. The van der Waals surface area contributed by atoms with Crippen LogP contribution in [0.4, 0.5) is 0 Å². The van der Waals surface area contributed by atoms with Gasteiger partial charge in [0.15, 0.2) is 0 Å². The van der Waals surface area contributed by atoms with Gasteiger partial charge in [0.1, 0.15) is 0 Å². The second-order valence-electron chi connectivity index (χ2n) is 5.11. The van der Waals surface area contributed by atoms with Crippen molar-refractivity contribution in [2.45, 2.75) is 11.3 Å². The van der Waals surface area contributed by atoms with E-state index >= 15 is 0 Å². The molecule has 1 aromatic carbocycles. The molecule has 0 aliphatic rings. The fraction of sp³-hybridized carbons (Fsp3) is 0.250. The van der Waals surface area contributed by atoms with Gasteiger partial charge in [-0.15, -0.1) is 0 Å². The van der Waals surface area contributed by atoms with Crippen molar-refractivity contribution in [2.24, 2.45) is 0 Å². The van der Waals surface area contributed by atoms with Crippen LogP contribution < -0.4 is 4.74 Å². The summed E-state index contributed by atoms with van der Waals surface area (Å²) in [5, 5.41) is 8.87. The van der Waals surface area contributed by atoms with Crippen LogP contribution >= 0.6 is 0 Å². The van der Waals surface area contributed by atoms with Gasteiger partial charge >= 0.3 is 5.97 Å². The Kier molecular flexibility index (Phi) is 5.53. The molecule has 24 heavy (non-hydrogen) atoms. The molecule has 0 saturated heterocycles. The quantitative estimate of drug-likeness (QED) is 0.815. The first-order valence-electron chi connectivity index (χ1n) is 7.13. The highest BCUT2D eigenvalue weighted by molar-refractivity contribution is 7.89. The van der Waals surface area contributed by atoms with Crippen LogP contribution in [0.3, 0.4) is 0 Å². The molecule has 0 aliphatic carbocycles. The summed E-state index contributed by atoms with van der Waals surface area (Å²) in [7, 11) is -0.671. The Morgan fingerprint density at radius 2 is 1.92 bits per heavy atom. The number of nitrogens with zero attached hydrogens (tertiary/aromatic N) is 2. The minimum absolute atomic E-state index is 0.0421. The second-order valence-corrected chi connectivity index (χ2v) is 7.16. The highest BCUT2D eigenvalue weighted by Crippen LogP contribution is 2.16. The molecule has 2 rings (SSSR count). The predicted molar refractivity (Wildman–Crippen MR) is 87.7 cm³/mol. The van der Waals surface area contributed by atoms with Gasteiger partial charge in [-0.1, -0.05) is 0 Å². The molecular weight excluding hydrogens is 332 g/mol. The number of ether oxygens (including phenoxy) is 1. The van der Waals surface area contributed by atoms with E-state index in [2.05, 4.69) is 4.98 Å². The van der Waals surface area contributed by atoms with Gasteiger partial charge < -0.3 is 9.84 Å². The maximum Gasteiger partial charge on any atom is 0.335 e. The number of rotatable bonds is 7. The van der Waals surface area contributed by atoms with E-state index in [1.807, 2.05) is 0 Å². The highest BCUT2D eigenvalue weighted by Gasteiger charge is 2.20. The molecule has 128 valence electrons. The normalized spacial score (nSPS) is 11.5. The lowest BCUT2D eigenvalue weighted by Gasteiger charge is -2.17. The molecule has 2 aromatic rings. The Balaban J connectivity index is 2.09. The van der Waals surface area contributed by atoms with Crippen LogP contribution in [0.2, 0.25) is 0 Å². The third-order valence-corrected chi connectivity index (χ3v) is 5.40. The summed E-state index contributed by atoms with van der Waals surface area (Å²) in [4.78, 5) is 14.9. The van der Waals surface area contributed by atoms with Crippen LogP contribution in [0.5, 0.6) is 5.88 Å². The van der Waals surface area contributed by atoms with Crippen molar-refractivity contribution in [3.05, 3.63) is 53.7 Å². The lowest BCUT2D eigenvalue weighted by molar-refractivity contribution is 0.0696. The molecule has 8 heteroatoms. The van der Waals surface area contributed by atoms with Crippen molar-refractivity contribution in [1.29, 1.82) is 0 Å². The number of benzene rings is 1. The molecular formula is C16H18N2O5S. The van der Waals surface area contributed by atoms with Gasteiger partial charge in [-0.05, 0) is 42.3 Å². The zero-order chi connectivity index (χ0) is 17.7. The summed E-state index contributed by atoms with van der Waals surface area (Å²) < 4.78 is 31.3. The summed E-state index contributed by atoms with van der Waals surface area (Å²) in [5.74, 6) is -0.624. The van der Waals surface area contributed by atoms with Crippen LogP contribution in [-0.4, -0.2) is 49.5 Å². The predicted octanol–water partition coefficient (Wildman–Crippen LogP) is 1.65. The van der Waals surface area contributed by atoms with Gasteiger partial charge in [-0.2, -0.15) is 0 Å².